The molecule has 6 nitrogen and oxygen atoms in total. The number of carbonyl (C=O) groups excluding carboxylic acids is 3. The number of hydrogen-bond acceptors (Lipinski definition) is 5. The van der Waals surface area contributed by atoms with Crippen LogP contribution < -0.4 is 5.73 Å². The van der Waals surface area contributed by atoms with Gasteiger partial charge in [0.15, 0.2) is 6.61 Å². The summed E-state index contributed by atoms with van der Waals surface area (Å²) in [5, 5.41) is 0. The number of carbonyl (C=O) groups is 3. The van der Waals surface area contributed by atoms with Crippen LogP contribution >= 0.6 is 11.3 Å². The topological polar surface area (TPSA) is 89.7 Å². The van der Waals surface area contributed by atoms with Gasteiger partial charge in [0.25, 0.3) is 5.91 Å². The SMILES string of the molecule is NC(=O)[C@@H]1CCCCN1C(=O)COC(=O)/C=C/c1ccc(-c2ccccc2)s1. The first-order valence-corrected chi connectivity index (χ1v) is 9.95. The first-order chi connectivity index (χ1) is 13.5. The molecule has 1 aromatic carbocycles. The van der Waals surface area contributed by atoms with Crippen LogP contribution in [0.15, 0.2) is 48.5 Å². The van der Waals surface area contributed by atoms with Gasteiger partial charge in [0.2, 0.25) is 5.91 Å². The number of amides is 2. The molecule has 1 fully saturated rings. The van der Waals surface area contributed by atoms with Gasteiger partial charge in [-0.1, -0.05) is 30.3 Å². The maximum atomic E-state index is 12.3. The Morgan fingerprint density at radius 3 is 2.68 bits per heavy atom. The molecule has 7 heteroatoms. The number of thiophene rings is 1. The van der Waals surface area contributed by atoms with Crippen LogP contribution in [0.25, 0.3) is 16.5 Å². The summed E-state index contributed by atoms with van der Waals surface area (Å²) >= 11 is 1.56. The molecule has 2 aromatic rings. The molecule has 0 unspecified atom stereocenters. The fourth-order valence-electron chi connectivity index (χ4n) is 3.14. The lowest BCUT2D eigenvalue weighted by Gasteiger charge is -2.33. The molecule has 146 valence electrons. The number of nitrogens with zero attached hydrogens (tertiary/aromatic N) is 1. The van der Waals surface area contributed by atoms with Crippen LogP contribution in [0.2, 0.25) is 0 Å². The number of piperidine rings is 1. The normalized spacial score (nSPS) is 16.9. The molecule has 1 atom stereocenters. The first-order valence-electron chi connectivity index (χ1n) is 9.13. The fourth-order valence-corrected chi connectivity index (χ4v) is 4.06. The highest BCUT2D eigenvalue weighted by molar-refractivity contribution is 7.16. The van der Waals surface area contributed by atoms with Crippen LogP contribution in [-0.4, -0.2) is 41.9 Å². The summed E-state index contributed by atoms with van der Waals surface area (Å²) in [6, 6.07) is 13.3. The zero-order chi connectivity index (χ0) is 19.9. The van der Waals surface area contributed by atoms with Crippen molar-refractivity contribution < 1.29 is 19.1 Å². The number of benzene rings is 1. The van der Waals surface area contributed by atoms with Gasteiger partial charge in [-0.15, -0.1) is 11.3 Å². The van der Waals surface area contributed by atoms with Crippen LogP contribution in [0.5, 0.6) is 0 Å². The third-order valence-electron chi connectivity index (χ3n) is 4.56. The molecule has 0 bridgehead atoms. The van der Waals surface area contributed by atoms with E-state index in [1.807, 2.05) is 42.5 Å². The maximum Gasteiger partial charge on any atom is 0.331 e. The Bertz CT molecular complexity index is 876. The van der Waals surface area contributed by atoms with E-state index in [0.717, 1.165) is 28.2 Å². The minimum atomic E-state index is -0.613. The molecule has 0 aliphatic carbocycles. The van der Waals surface area contributed by atoms with Crippen molar-refractivity contribution in [3.8, 4) is 10.4 Å². The second kappa shape index (κ2) is 9.32. The zero-order valence-electron chi connectivity index (χ0n) is 15.4. The monoisotopic (exact) mass is 398 g/mol. The maximum absolute atomic E-state index is 12.3. The lowest BCUT2D eigenvalue weighted by Crippen LogP contribution is -2.51. The van der Waals surface area contributed by atoms with Gasteiger partial charge in [-0.05, 0) is 43.0 Å². The van der Waals surface area contributed by atoms with Crippen molar-refractivity contribution in [2.24, 2.45) is 5.73 Å². The molecule has 2 N–H and O–H groups in total. The Kier molecular flexibility index (Phi) is 6.60. The summed E-state index contributed by atoms with van der Waals surface area (Å²) in [4.78, 5) is 39.1. The van der Waals surface area contributed by atoms with E-state index in [-0.39, 0.29) is 0 Å². The van der Waals surface area contributed by atoms with Crippen LogP contribution in [0, 0.1) is 0 Å². The number of likely N-dealkylation sites (tertiary alicyclic amines) is 1. The summed E-state index contributed by atoms with van der Waals surface area (Å²) < 4.78 is 5.03. The molecule has 3 rings (SSSR count). The van der Waals surface area contributed by atoms with E-state index in [2.05, 4.69) is 0 Å². The zero-order valence-corrected chi connectivity index (χ0v) is 16.2. The van der Waals surface area contributed by atoms with Gasteiger partial charge in [-0.25, -0.2) is 4.79 Å². The van der Waals surface area contributed by atoms with Crippen molar-refractivity contribution in [2.75, 3.05) is 13.2 Å². The van der Waals surface area contributed by atoms with Crippen LogP contribution in [0.3, 0.4) is 0 Å². The van der Waals surface area contributed by atoms with E-state index in [9.17, 15) is 14.4 Å². The van der Waals surface area contributed by atoms with Crippen molar-refractivity contribution in [1.82, 2.24) is 4.90 Å². The van der Waals surface area contributed by atoms with Gasteiger partial charge in [0, 0.05) is 22.4 Å². The summed E-state index contributed by atoms with van der Waals surface area (Å²) in [7, 11) is 0. The fraction of sp³-hybridized carbons (Fsp3) is 0.286. The lowest BCUT2D eigenvalue weighted by molar-refractivity contribution is -0.151. The number of ether oxygens (including phenoxy) is 1. The molecule has 0 spiro atoms. The second-order valence-corrected chi connectivity index (χ2v) is 7.63. The molecule has 2 amide bonds. The van der Waals surface area contributed by atoms with E-state index < -0.39 is 30.4 Å². The number of esters is 1. The van der Waals surface area contributed by atoms with E-state index in [1.165, 1.54) is 11.0 Å². The van der Waals surface area contributed by atoms with Crippen molar-refractivity contribution in [3.63, 3.8) is 0 Å². The van der Waals surface area contributed by atoms with Crippen molar-refractivity contribution >= 4 is 35.2 Å². The smallest absolute Gasteiger partial charge is 0.331 e. The van der Waals surface area contributed by atoms with Gasteiger partial charge >= 0.3 is 5.97 Å². The van der Waals surface area contributed by atoms with Crippen molar-refractivity contribution in [3.05, 3.63) is 53.4 Å². The summed E-state index contributed by atoms with van der Waals surface area (Å²) in [5.74, 6) is -1.52. The van der Waals surface area contributed by atoms with Gasteiger partial charge in [-0.3, -0.25) is 9.59 Å². The third-order valence-corrected chi connectivity index (χ3v) is 5.66. The van der Waals surface area contributed by atoms with Crippen molar-refractivity contribution in [1.29, 1.82) is 0 Å². The van der Waals surface area contributed by atoms with Crippen LogP contribution in [0.4, 0.5) is 0 Å². The molecule has 1 aliphatic rings. The third kappa shape index (κ3) is 5.07. The summed E-state index contributed by atoms with van der Waals surface area (Å²) in [5.41, 5.74) is 6.47. The highest BCUT2D eigenvalue weighted by Crippen LogP contribution is 2.28. The van der Waals surface area contributed by atoms with Gasteiger partial charge in [0.05, 0.1) is 0 Å². The van der Waals surface area contributed by atoms with Gasteiger partial charge in [0.1, 0.15) is 6.04 Å². The summed E-state index contributed by atoms with van der Waals surface area (Å²) in [6.45, 7) is 0.0595. The second-order valence-electron chi connectivity index (χ2n) is 6.51. The average Bonchev–Trinajstić information content (AvgIpc) is 3.20. The van der Waals surface area contributed by atoms with E-state index in [4.69, 9.17) is 10.5 Å². The molecule has 28 heavy (non-hydrogen) atoms. The quantitative estimate of drug-likeness (QED) is 0.598. The highest BCUT2D eigenvalue weighted by Gasteiger charge is 2.30. The first kappa shape index (κ1) is 19.8. The highest BCUT2D eigenvalue weighted by atomic mass is 32.1. The largest absolute Gasteiger partial charge is 0.452 e. The Morgan fingerprint density at radius 2 is 1.93 bits per heavy atom. The molecule has 0 radical (unpaired) electrons. The standard InChI is InChI=1S/C21H22N2O4S/c22-21(26)17-8-4-5-13-23(17)19(24)14-27-20(25)12-10-16-9-11-18(28-16)15-6-2-1-3-7-15/h1-3,6-7,9-12,17H,4-5,8,13-14H2,(H2,22,26)/b12-10+/t17-/m0/s1. The molecule has 0 saturated carbocycles. The molecular weight excluding hydrogens is 376 g/mol. The molecular formula is C21H22N2O4S. The minimum absolute atomic E-state index is 0.396. The van der Waals surface area contributed by atoms with E-state index >= 15 is 0 Å². The number of primary amides is 1. The number of rotatable bonds is 6. The molecule has 1 aromatic heterocycles. The number of nitrogens with two attached hydrogens (primary N) is 1. The van der Waals surface area contributed by atoms with Crippen molar-refractivity contribution in [2.45, 2.75) is 25.3 Å². The van der Waals surface area contributed by atoms with Crippen LogP contribution in [-0.2, 0) is 19.1 Å². The average molecular weight is 398 g/mol. The van der Waals surface area contributed by atoms with E-state index in [0.29, 0.717) is 13.0 Å². The van der Waals surface area contributed by atoms with Crippen LogP contribution in [0.1, 0.15) is 24.1 Å². The molecule has 2 heterocycles. The predicted molar refractivity (Wildman–Crippen MR) is 108 cm³/mol. The predicted octanol–water partition coefficient (Wildman–Crippen LogP) is 2.84. The Labute approximate surface area is 167 Å². The lowest BCUT2D eigenvalue weighted by atomic mass is 10.0. The van der Waals surface area contributed by atoms with Gasteiger partial charge in [-0.2, -0.15) is 0 Å². The Balaban J connectivity index is 1.52. The van der Waals surface area contributed by atoms with E-state index in [1.54, 1.807) is 17.4 Å². The molecule has 1 saturated heterocycles. The molecule has 1 aliphatic heterocycles. The number of hydrogen-bond donors (Lipinski definition) is 1. The Morgan fingerprint density at radius 1 is 1.14 bits per heavy atom. The Hall–Kier alpha value is -2.93. The van der Waals surface area contributed by atoms with Gasteiger partial charge < -0.3 is 15.4 Å². The summed E-state index contributed by atoms with van der Waals surface area (Å²) in [6.07, 6.45) is 5.18. The minimum Gasteiger partial charge on any atom is -0.452 e.